The number of fused-ring (bicyclic) bond motifs is 1. The lowest BCUT2D eigenvalue weighted by Gasteiger charge is -2.30. The molecular weight excluding hydrogens is 394 g/mol. The van der Waals surface area contributed by atoms with Crippen LogP contribution in [0.15, 0.2) is 33.7 Å². The number of aromatic amines is 1. The number of para-hydroxylation sites is 2. The maximum absolute atomic E-state index is 12.9. The smallest absolute Gasteiger partial charge is 0.248 e. The van der Waals surface area contributed by atoms with Crippen LogP contribution >= 0.6 is 0 Å². The second kappa shape index (κ2) is 7.60. The van der Waals surface area contributed by atoms with Gasteiger partial charge in [-0.25, -0.2) is 13.4 Å². The van der Waals surface area contributed by atoms with Gasteiger partial charge in [-0.2, -0.15) is 4.31 Å². The average Bonchev–Trinajstić information content (AvgIpc) is 3.28. The summed E-state index contributed by atoms with van der Waals surface area (Å²) in [5.74, 6) is 0.668. The van der Waals surface area contributed by atoms with Gasteiger partial charge in [0.2, 0.25) is 15.9 Å². The fourth-order valence-corrected chi connectivity index (χ4v) is 5.50. The topological polar surface area (TPSA) is 121 Å². The lowest BCUT2D eigenvalue weighted by molar-refractivity contribution is -0.126. The number of benzene rings is 1. The van der Waals surface area contributed by atoms with Crippen LogP contribution in [0.5, 0.6) is 0 Å². The van der Waals surface area contributed by atoms with E-state index in [4.69, 9.17) is 4.52 Å². The molecule has 1 aromatic carbocycles. The molecule has 1 saturated heterocycles. The van der Waals surface area contributed by atoms with E-state index in [0.717, 1.165) is 11.0 Å². The monoisotopic (exact) mass is 417 g/mol. The predicted octanol–water partition coefficient (Wildman–Crippen LogP) is 1.88. The quantitative estimate of drug-likeness (QED) is 0.654. The van der Waals surface area contributed by atoms with Crippen LogP contribution < -0.4 is 5.32 Å². The Morgan fingerprint density at radius 3 is 2.66 bits per heavy atom. The van der Waals surface area contributed by atoms with E-state index in [2.05, 4.69) is 20.4 Å². The van der Waals surface area contributed by atoms with E-state index in [1.165, 1.54) is 4.31 Å². The van der Waals surface area contributed by atoms with E-state index in [1.807, 2.05) is 24.3 Å². The molecule has 0 radical (unpaired) electrons. The zero-order chi connectivity index (χ0) is 20.6. The van der Waals surface area contributed by atoms with Crippen molar-refractivity contribution in [2.24, 2.45) is 5.92 Å². The van der Waals surface area contributed by atoms with Crippen LogP contribution in [0, 0.1) is 19.8 Å². The Labute approximate surface area is 168 Å². The first kappa shape index (κ1) is 19.6. The molecule has 1 amide bonds. The number of amides is 1. The van der Waals surface area contributed by atoms with E-state index in [0.29, 0.717) is 30.9 Å². The number of piperidine rings is 1. The van der Waals surface area contributed by atoms with Crippen molar-refractivity contribution in [3.8, 4) is 0 Å². The molecule has 0 atom stereocenters. The number of sulfonamides is 1. The van der Waals surface area contributed by atoms with Crippen molar-refractivity contribution in [1.82, 2.24) is 24.7 Å². The summed E-state index contributed by atoms with van der Waals surface area (Å²) in [4.78, 5) is 20.3. The molecule has 2 aromatic heterocycles. The van der Waals surface area contributed by atoms with Gasteiger partial charge in [0.1, 0.15) is 16.4 Å². The van der Waals surface area contributed by atoms with Crippen molar-refractivity contribution in [3.05, 3.63) is 41.5 Å². The number of nitrogens with one attached hydrogen (secondary N) is 2. The molecule has 0 spiro atoms. The van der Waals surface area contributed by atoms with Gasteiger partial charge in [0.25, 0.3) is 0 Å². The first-order valence-electron chi connectivity index (χ1n) is 9.50. The normalized spacial score (nSPS) is 16.3. The number of hydrogen-bond acceptors (Lipinski definition) is 6. The first-order chi connectivity index (χ1) is 13.9. The molecule has 10 heteroatoms. The number of nitrogens with zero attached hydrogens (tertiary/aromatic N) is 3. The summed E-state index contributed by atoms with van der Waals surface area (Å²) < 4.78 is 32.2. The van der Waals surface area contributed by atoms with Crippen molar-refractivity contribution >= 4 is 27.0 Å². The van der Waals surface area contributed by atoms with Gasteiger partial charge in [-0.05, 0) is 38.8 Å². The summed E-state index contributed by atoms with van der Waals surface area (Å²) in [7, 11) is -3.67. The number of carbonyl (C=O) groups is 1. The van der Waals surface area contributed by atoms with Gasteiger partial charge in [0.05, 0.1) is 17.6 Å². The third kappa shape index (κ3) is 3.77. The van der Waals surface area contributed by atoms with Crippen molar-refractivity contribution in [2.45, 2.75) is 38.1 Å². The molecule has 154 valence electrons. The third-order valence-electron chi connectivity index (χ3n) is 5.26. The minimum atomic E-state index is -3.67. The van der Waals surface area contributed by atoms with Gasteiger partial charge in [0.15, 0.2) is 5.76 Å². The molecule has 1 fully saturated rings. The van der Waals surface area contributed by atoms with E-state index < -0.39 is 10.0 Å². The van der Waals surface area contributed by atoms with Crippen molar-refractivity contribution < 1.29 is 17.7 Å². The minimum Gasteiger partial charge on any atom is -0.360 e. The van der Waals surface area contributed by atoms with Crippen LogP contribution in [0.4, 0.5) is 0 Å². The molecule has 9 nitrogen and oxygen atoms in total. The number of carbonyl (C=O) groups excluding carboxylic acids is 1. The molecule has 29 heavy (non-hydrogen) atoms. The van der Waals surface area contributed by atoms with Crippen molar-refractivity contribution in [1.29, 1.82) is 0 Å². The zero-order valence-electron chi connectivity index (χ0n) is 16.3. The molecule has 3 aromatic rings. The Hall–Kier alpha value is -2.72. The number of aryl methyl sites for hydroxylation is 2. The Morgan fingerprint density at radius 2 is 2.00 bits per heavy atom. The summed E-state index contributed by atoms with van der Waals surface area (Å²) in [5, 5.41) is 6.64. The Morgan fingerprint density at radius 1 is 1.28 bits per heavy atom. The highest BCUT2D eigenvalue weighted by atomic mass is 32.2. The standard InChI is InChI=1S/C19H23N5O4S/c1-12-18(13(2)28-23-12)29(26,27)24-9-7-14(8-10-24)19(25)20-11-17-21-15-5-3-4-6-16(15)22-17/h3-6,14H,7-11H2,1-2H3,(H,20,25)(H,21,22). The number of imidazole rings is 1. The van der Waals surface area contributed by atoms with Gasteiger partial charge in [0, 0.05) is 19.0 Å². The second-order valence-corrected chi connectivity index (χ2v) is 9.12. The highest BCUT2D eigenvalue weighted by molar-refractivity contribution is 7.89. The number of rotatable bonds is 5. The Kier molecular flexibility index (Phi) is 5.13. The largest absolute Gasteiger partial charge is 0.360 e. The maximum Gasteiger partial charge on any atom is 0.248 e. The molecular formula is C19H23N5O4S. The maximum atomic E-state index is 12.9. The highest BCUT2D eigenvalue weighted by Crippen LogP contribution is 2.27. The molecule has 0 aliphatic carbocycles. The third-order valence-corrected chi connectivity index (χ3v) is 7.40. The average molecular weight is 417 g/mol. The van der Waals surface area contributed by atoms with E-state index in [-0.39, 0.29) is 35.6 Å². The van der Waals surface area contributed by atoms with Gasteiger partial charge in [-0.15, -0.1) is 0 Å². The Balaban J connectivity index is 1.35. The van der Waals surface area contributed by atoms with Crippen LogP contribution in [0.25, 0.3) is 11.0 Å². The van der Waals surface area contributed by atoms with Crippen LogP contribution in [0.1, 0.15) is 30.1 Å². The van der Waals surface area contributed by atoms with Crippen molar-refractivity contribution in [3.63, 3.8) is 0 Å². The number of H-pyrrole nitrogens is 1. The lowest BCUT2D eigenvalue weighted by atomic mass is 9.97. The molecule has 1 aliphatic heterocycles. The predicted molar refractivity (Wildman–Crippen MR) is 105 cm³/mol. The fourth-order valence-electron chi connectivity index (χ4n) is 3.73. The SMILES string of the molecule is Cc1noc(C)c1S(=O)(=O)N1CCC(C(=O)NCc2nc3ccccc3[nH]2)CC1. The second-order valence-electron chi connectivity index (χ2n) is 7.25. The zero-order valence-corrected chi connectivity index (χ0v) is 17.1. The first-order valence-corrected chi connectivity index (χ1v) is 10.9. The van der Waals surface area contributed by atoms with Gasteiger partial charge in [-0.3, -0.25) is 4.79 Å². The molecule has 0 bridgehead atoms. The van der Waals surface area contributed by atoms with Crippen molar-refractivity contribution in [2.75, 3.05) is 13.1 Å². The van der Waals surface area contributed by atoms with Gasteiger partial charge in [-0.1, -0.05) is 17.3 Å². The number of hydrogen-bond donors (Lipinski definition) is 2. The number of aromatic nitrogens is 3. The summed E-state index contributed by atoms with van der Waals surface area (Å²) in [6.45, 7) is 4.09. The highest BCUT2D eigenvalue weighted by Gasteiger charge is 2.35. The minimum absolute atomic E-state index is 0.0835. The molecule has 1 aliphatic rings. The van der Waals surface area contributed by atoms with E-state index in [1.54, 1.807) is 13.8 Å². The molecule has 0 unspecified atom stereocenters. The molecule has 2 N–H and O–H groups in total. The van der Waals surface area contributed by atoms with Gasteiger partial charge >= 0.3 is 0 Å². The molecule has 4 rings (SSSR count). The Bertz CT molecular complexity index is 1090. The van der Waals surface area contributed by atoms with E-state index in [9.17, 15) is 13.2 Å². The van der Waals surface area contributed by atoms with Crippen LogP contribution in [-0.4, -0.2) is 46.8 Å². The molecule has 3 heterocycles. The van der Waals surface area contributed by atoms with E-state index >= 15 is 0 Å². The van der Waals surface area contributed by atoms with Crippen LogP contribution in [0.3, 0.4) is 0 Å². The summed E-state index contributed by atoms with van der Waals surface area (Å²) in [5.41, 5.74) is 2.14. The summed E-state index contributed by atoms with van der Waals surface area (Å²) >= 11 is 0. The lowest BCUT2D eigenvalue weighted by Crippen LogP contribution is -2.43. The van der Waals surface area contributed by atoms with Gasteiger partial charge < -0.3 is 14.8 Å². The summed E-state index contributed by atoms with van der Waals surface area (Å²) in [6.07, 6.45) is 0.934. The molecule has 0 saturated carbocycles. The van der Waals surface area contributed by atoms with Crippen LogP contribution in [0.2, 0.25) is 0 Å². The fraction of sp³-hybridized carbons (Fsp3) is 0.421. The summed E-state index contributed by atoms with van der Waals surface area (Å²) in [6, 6.07) is 7.68. The van der Waals surface area contributed by atoms with Crippen LogP contribution in [-0.2, 0) is 21.4 Å².